The van der Waals surface area contributed by atoms with Gasteiger partial charge in [-0.2, -0.15) is 0 Å². The normalized spacial score (nSPS) is 19.6. The SMILES string of the molecule is CCC(C)C1C(=O)Nc2ccccc2N1C(=O)CO. The number of amides is 2. The van der Waals surface area contributed by atoms with Crippen molar-refractivity contribution in [1.82, 2.24) is 0 Å². The van der Waals surface area contributed by atoms with E-state index in [1.807, 2.05) is 19.9 Å². The minimum atomic E-state index is -0.603. The molecule has 1 aromatic carbocycles. The van der Waals surface area contributed by atoms with E-state index in [0.29, 0.717) is 11.4 Å². The van der Waals surface area contributed by atoms with Crippen molar-refractivity contribution in [2.24, 2.45) is 5.92 Å². The monoisotopic (exact) mass is 262 g/mol. The number of benzene rings is 1. The molecule has 1 aliphatic heterocycles. The average molecular weight is 262 g/mol. The molecule has 2 N–H and O–H groups in total. The molecule has 0 aliphatic carbocycles. The lowest BCUT2D eigenvalue weighted by molar-refractivity contribution is -0.126. The van der Waals surface area contributed by atoms with Gasteiger partial charge in [-0.3, -0.25) is 14.5 Å². The average Bonchev–Trinajstić information content (AvgIpc) is 2.44. The lowest BCUT2D eigenvalue weighted by atomic mass is 9.93. The van der Waals surface area contributed by atoms with Crippen LogP contribution in [0.5, 0.6) is 0 Å². The largest absolute Gasteiger partial charge is 0.387 e. The van der Waals surface area contributed by atoms with Crippen LogP contribution < -0.4 is 10.2 Å². The Bertz CT molecular complexity index is 501. The molecule has 2 amide bonds. The van der Waals surface area contributed by atoms with Crippen LogP contribution in [0.3, 0.4) is 0 Å². The van der Waals surface area contributed by atoms with Crippen LogP contribution in [0.2, 0.25) is 0 Å². The molecule has 0 radical (unpaired) electrons. The van der Waals surface area contributed by atoms with E-state index < -0.39 is 18.6 Å². The van der Waals surface area contributed by atoms with Crippen molar-refractivity contribution in [2.75, 3.05) is 16.8 Å². The first-order chi connectivity index (χ1) is 9.10. The first-order valence-electron chi connectivity index (χ1n) is 6.43. The third-order valence-electron chi connectivity index (χ3n) is 3.56. The molecule has 102 valence electrons. The molecule has 0 bridgehead atoms. The molecule has 1 heterocycles. The summed E-state index contributed by atoms with van der Waals surface area (Å²) in [5.74, 6) is -0.633. The van der Waals surface area contributed by atoms with Crippen LogP contribution in [-0.4, -0.2) is 29.6 Å². The van der Waals surface area contributed by atoms with Crippen molar-refractivity contribution >= 4 is 23.2 Å². The standard InChI is InChI=1S/C14H18N2O3/c1-3-9(2)13-14(19)15-10-6-4-5-7-11(10)16(13)12(18)8-17/h4-7,9,13,17H,3,8H2,1-2H3,(H,15,19). The molecule has 2 unspecified atom stereocenters. The summed E-state index contributed by atoms with van der Waals surface area (Å²) in [6.07, 6.45) is 0.773. The molecule has 0 aromatic heterocycles. The highest BCUT2D eigenvalue weighted by atomic mass is 16.3. The Morgan fingerprint density at radius 2 is 2.16 bits per heavy atom. The highest BCUT2D eigenvalue weighted by Crippen LogP contribution is 2.34. The number of para-hydroxylation sites is 2. The van der Waals surface area contributed by atoms with E-state index in [0.717, 1.165) is 6.42 Å². The van der Waals surface area contributed by atoms with Crippen molar-refractivity contribution in [2.45, 2.75) is 26.3 Å². The van der Waals surface area contributed by atoms with Crippen molar-refractivity contribution in [3.8, 4) is 0 Å². The van der Waals surface area contributed by atoms with E-state index in [1.54, 1.807) is 18.2 Å². The molecular weight excluding hydrogens is 244 g/mol. The number of nitrogens with one attached hydrogen (secondary N) is 1. The van der Waals surface area contributed by atoms with E-state index >= 15 is 0 Å². The zero-order chi connectivity index (χ0) is 14.0. The van der Waals surface area contributed by atoms with Gasteiger partial charge in [0.2, 0.25) is 5.91 Å². The Morgan fingerprint density at radius 3 is 2.79 bits per heavy atom. The summed E-state index contributed by atoms with van der Waals surface area (Å²) < 4.78 is 0. The second kappa shape index (κ2) is 5.40. The van der Waals surface area contributed by atoms with E-state index in [1.165, 1.54) is 4.90 Å². The molecule has 0 saturated carbocycles. The van der Waals surface area contributed by atoms with Crippen LogP contribution in [0.15, 0.2) is 24.3 Å². The molecule has 5 heteroatoms. The van der Waals surface area contributed by atoms with Crippen molar-refractivity contribution < 1.29 is 14.7 Å². The number of carbonyl (C=O) groups is 2. The van der Waals surface area contributed by atoms with Gasteiger partial charge in [-0.25, -0.2) is 0 Å². The zero-order valence-corrected chi connectivity index (χ0v) is 11.1. The third-order valence-corrected chi connectivity index (χ3v) is 3.56. The van der Waals surface area contributed by atoms with E-state index in [4.69, 9.17) is 5.11 Å². The van der Waals surface area contributed by atoms with Gasteiger partial charge in [0.1, 0.15) is 12.6 Å². The van der Waals surface area contributed by atoms with Crippen molar-refractivity contribution in [3.05, 3.63) is 24.3 Å². The Hall–Kier alpha value is -1.88. The number of fused-ring (bicyclic) bond motifs is 1. The number of aliphatic hydroxyl groups is 1. The van der Waals surface area contributed by atoms with Gasteiger partial charge in [0, 0.05) is 0 Å². The van der Waals surface area contributed by atoms with Crippen LogP contribution in [0.4, 0.5) is 11.4 Å². The molecule has 2 rings (SSSR count). The van der Waals surface area contributed by atoms with Crippen LogP contribution in [-0.2, 0) is 9.59 Å². The Kier molecular flexibility index (Phi) is 3.85. The van der Waals surface area contributed by atoms with Crippen LogP contribution in [0.25, 0.3) is 0 Å². The van der Waals surface area contributed by atoms with Crippen molar-refractivity contribution in [1.29, 1.82) is 0 Å². The quantitative estimate of drug-likeness (QED) is 0.864. The second-order valence-electron chi connectivity index (χ2n) is 4.76. The highest BCUT2D eigenvalue weighted by molar-refractivity contribution is 6.12. The molecule has 0 fully saturated rings. The van der Waals surface area contributed by atoms with Gasteiger partial charge in [-0.05, 0) is 18.1 Å². The highest BCUT2D eigenvalue weighted by Gasteiger charge is 2.38. The summed E-state index contributed by atoms with van der Waals surface area (Å²) in [5.41, 5.74) is 1.25. The first-order valence-corrected chi connectivity index (χ1v) is 6.43. The number of rotatable bonds is 3. The molecular formula is C14H18N2O3. The number of carbonyl (C=O) groups excluding carboxylic acids is 2. The molecule has 1 aliphatic rings. The summed E-state index contributed by atoms with van der Waals surface area (Å²) in [5, 5.41) is 12.0. The molecule has 0 spiro atoms. The summed E-state index contributed by atoms with van der Waals surface area (Å²) in [6, 6.07) is 6.56. The minimum absolute atomic E-state index is 0.0175. The third kappa shape index (κ3) is 2.33. The van der Waals surface area contributed by atoms with Crippen LogP contribution in [0.1, 0.15) is 20.3 Å². The minimum Gasteiger partial charge on any atom is -0.387 e. The number of hydrogen-bond acceptors (Lipinski definition) is 3. The fraction of sp³-hybridized carbons (Fsp3) is 0.429. The van der Waals surface area contributed by atoms with E-state index in [-0.39, 0.29) is 11.8 Å². The number of anilines is 2. The molecule has 0 saturated heterocycles. The summed E-state index contributed by atoms with van der Waals surface area (Å²) in [7, 11) is 0. The molecule has 19 heavy (non-hydrogen) atoms. The maximum absolute atomic E-state index is 12.2. The maximum atomic E-state index is 12.2. The predicted octanol–water partition coefficient (Wildman–Crippen LogP) is 1.38. The van der Waals surface area contributed by atoms with Gasteiger partial charge < -0.3 is 10.4 Å². The first kappa shape index (κ1) is 13.5. The number of hydrogen-bond donors (Lipinski definition) is 2. The fourth-order valence-electron chi connectivity index (χ4n) is 2.36. The number of aliphatic hydroxyl groups excluding tert-OH is 1. The molecule has 2 atom stereocenters. The zero-order valence-electron chi connectivity index (χ0n) is 11.1. The van der Waals surface area contributed by atoms with Crippen LogP contribution in [0, 0.1) is 5.92 Å². The maximum Gasteiger partial charge on any atom is 0.253 e. The van der Waals surface area contributed by atoms with Gasteiger partial charge in [-0.1, -0.05) is 32.4 Å². The van der Waals surface area contributed by atoms with Crippen LogP contribution >= 0.6 is 0 Å². The number of nitrogens with zero attached hydrogens (tertiary/aromatic N) is 1. The van der Waals surface area contributed by atoms with Crippen molar-refractivity contribution in [3.63, 3.8) is 0 Å². The Labute approximate surface area is 112 Å². The van der Waals surface area contributed by atoms with Gasteiger partial charge in [0.25, 0.3) is 5.91 Å². The Morgan fingerprint density at radius 1 is 1.47 bits per heavy atom. The Balaban J connectivity index is 2.51. The smallest absolute Gasteiger partial charge is 0.253 e. The van der Waals surface area contributed by atoms with Gasteiger partial charge in [-0.15, -0.1) is 0 Å². The fourth-order valence-corrected chi connectivity index (χ4v) is 2.36. The van der Waals surface area contributed by atoms with Gasteiger partial charge in [0.15, 0.2) is 0 Å². The molecule has 1 aromatic rings. The molecule has 5 nitrogen and oxygen atoms in total. The van der Waals surface area contributed by atoms with Gasteiger partial charge in [0.05, 0.1) is 11.4 Å². The summed E-state index contributed by atoms with van der Waals surface area (Å²) in [6.45, 7) is 3.30. The predicted molar refractivity (Wildman–Crippen MR) is 72.9 cm³/mol. The van der Waals surface area contributed by atoms with E-state index in [9.17, 15) is 9.59 Å². The summed E-state index contributed by atoms with van der Waals surface area (Å²) in [4.78, 5) is 25.6. The lowest BCUT2D eigenvalue weighted by Gasteiger charge is -2.38. The van der Waals surface area contributed by atoms with E-state index in [2.05, 4.69) is 5.32 Å². The summed E-state index contributed by atoms with van der Waals surface area (Å²) >= 11 is 0. The lowest BCUT2D eigenvalue weighted by Crippen LogP contribution is -2.54. The second-order valence-corrected chi connectivity index (χ2v) is 4.76. The topological polar surface area (TPSA) is 69.6 Å². The van der Waals surface area contributed by atoms with Gasteiger partial charge >= 0.3 is 0 Å².